The Balaban J connectivity index is 1.78. The van der Waals surface area contributed by atoms with Gasteiger partial charge in [0.1, 0.15) is 12.0 Å². The Bertz CT molecular complexity index is 664. The van der Waals surface area contributed by atoms with E-state index in [4.69, 9.17) is 4.42 Å². The van der Waals surface area contributed by atoms with Gasteiger partial charge in [0.15, 0.2) is 5.76 Å². The Labute approximate surface area is 133 Å². The maximum atomic E-state index is 12.7. The molecule has 0 radical (unpaired) electrons. The minimum absolute atomic E-state index is 0.0346. The number of rotatable bonds is 3. The van der Waals surface area contributed by atoms with Crippen LogP contribution in [-0.2, 0) is 0 Å². The number of furan rings is 1. The summed E-state index contributed by atoms with van der Waals surface area (Å²) in [5.74, 6) is 0.761. The zero-order valence-electron chi connectivity index (χ0n) is 12.8. The molecule has 1 N–H and O–H groups in total. The van der Waals surface area contributed by atoms with Crippen LogP contribution in [0.25, 0.3) is 11.5 Å². The molecular formula is C16H20N2O3S. The normalized spacial score (nSPS) is 22.0. The predicted octanol–water partition coefficient (Wildman–Crippen LogP) is 2.94. The number of carbonyl (C=O) groups is 1. The molecule has 1 fully saturated rings. The number of amides is 1. The van der Waals surface area contributed by atoms with Crippen molar-refractivity contribution in [2.75, 3.05) is 13.2 Å². The van der Waals surface area contributed by atoms with Crippen molar-refractivity contribution in [2.45, 2.75) is 32.7 Å². The van der Waals surface area contributed by atoms with Crippen LogP contribution >= 0.6 is 11.3 Å². The van der Waals surface area contributed by atoms with E-state index in [-0.39, 0.29) is 24.5 Å². The third kappa shape index (κ3) is 2.94. The maximum Gasteiger partial charge on any atom is 0.257 e. The number of piperidine rings is 1. The summed E-state index contributed by atoms with van der Waals surface area (Å²) in [5, 5.41) is 12.2. The minimum Gasteiger partial charge on any atom is -0.462 e. The summed E-state index contributed by atoms with van der Waals surface area (Å²) in [7, 11) is 0. The Kier molecular flexibility index (Phi) is 4.31. The molecule has 1 aliphatic heterocycles. The van der Waals surface area contributed by atoms with E-state index in [1.165, 1.54) is 6.26 Å². The smallest absolute Gasteiger partial charge is 0.257 e. The van der Waals surface area contributed by atoms with Crippen LogP contribution in [0.2, 0.25) is 0 Å². The van der Waals surface area contributed by atoms with Gasteiger partial charge in [-0.25, -0.2) is 4.98 Å². The molecule has 3 rings (SSSR count). The second-order valence-corrected chi connectivity index (χ2v) is 6.95. The first-order chi connectivity index (χ1) is 10.6. The molecule has 5 nitrogen and oxygen atoms in total. The van der Waals surface area contributed by atoms with Crippen molar-refractivity contribution >= 4 is 17.2 Å². The third-order valence-electron chi connectivity index (χ3n) is 4.22. The molecule has 2 aromatic rings. The third-order valence-corrected chi connectivity index (χ3v) is 4.99. The largest absolute Gasteiger partial charge is 0.462 e. The lowest BCUT2D eigenvalue weighted by molar-refractivity contribution is 0.0488. The SMILES string of the molecule is Cc1nc(-c2cc(C(=O)N3CC(CO)CCC3C)co2)cs1. The van der Waals surface area contributed by atoms with Crippen molar-refractivity contribution in [3.05, 3.63) is 28.3 Å². The molecule has 6 heteroatoms. The molecular weight excluding hydrogens is 300 g/mol. The monoisotopic (exact) mass is 320 g/mol. The molecule has 0 aliphatic carbocycles. The molecule has 1 aliphatic rings. The van der Waals surface area contributed by atoms with Crippen molar-refractivity contribution in [1.82, 2.24) is 9.88 Å². The molecule has 2 aromatic heterocycles. The number of nitrogens with zero attached hydrogens (tertiary/aromatic N) is 2. The minimum atomic E-state index is -0.0346. The first kappa shape index (κ1) is 15.2. The van der Waals surface area contributed by atoms with Crippen molar-refractivity contribution in [3.63, 3.8) is 0 Å². The van der Waals surface area contributed by atoms with Crippen LogP contribution in [0.3, 0.4) is 0 Å². The number of aromatic nitrogens is 1. The number of carbonyl (C=O) groups excluding carboxylic acids is 1. The Hall–Kier alpha value is -1.66. The molecule has 2 atom stereocenters. The van der Waals surface area contributed by atoms with Crippen molar-refractivity contribution in [3.8, 4) is 11.5 Å². The highest BCUT2D eigenvalue weighted by Crippen LogP contribution is 2.27. The van der Waals surface area contributed by atoms with Crippen LogP contribution in [0, 0.1) is 12.8 Å². The van der Waals surface area contributed by atoms with Gasteiger partial charge >= 0.3 is 0 Å². The van der Waals surface area contributed by atoms with Gasteiger partial charge in [0.25, 0.3) is 5.91 Å². The molecule has 0 saturated carbocycles. The summed E-state index contributed by atoms with van der Waals surface area (Å²) in [5.41, 5.74) is 1.31. The number of hydrogen-bond donors (Lipinski definition) is 1. The molecule has 118 valence electrons. The van der Waals surface area contributed by atoms with Crippen LogP contribution in [0.4, 0.5) is 0 Å². The first-order valence-electron chi connectivity index (χ1n) is 7.51. The van der Waals surface area contributed by atoms with E-state index in [2.05, 4.69) is 11.9 Å². The summed E-state index contributed by atoms with van der Waals surface area (Å²) in [4.78, 5) is 18.9. The average molecular weight is 320 g/mol. The Morgan fingerprint density at radius 2 is 2.36 bits per heavy atom. The van der Waals surface area contributed by atoms with Crippen LogP contribution < -0.4 is 0 Å². The zero-order chi connectivity index (χ0) is 15.7. The van der Waals surface area contributed by atoms with Gasteiger partial charge in [-0.1, -0.05) is 0 Å². The lowest BCUT2D eigenvalue weighted by Crippen LogP contribution is -2.46. The maximum absolute atomic E-state index is 12.7. The Morgan fingerprint density at radius 3 is 3.05 bits per heavy atom. The van der Waals surface area contributed by atoms with Crippen molar-refractivity contribution in [1.29, 1.82) is 0 Å². The van der Waals surface area contributed by atoms with E-state index in [1.807, 2.05) is 17.2 Å². The molecule has 22 heavy (non-hydrogen) atoms. The fourth-order valence-corrected chi connectivity index (χ4v) is 3.44. The second-order valence-electron chi connectivity index (χ2n) is 5.88. The Morgan fingerprint density at radius 1 is 1.55 bits per heavy atom. The van der Waals surface area contributed by atoms with Gasteiger partial charge in [0, 0.05) is 24.6 Å². The molecule has 3 heterocycles. The van der Waals surface area contributed by atoms with E-state index in [1.54, 1.807) is 17.4 Å². The first-order valence-corrected chi connectivity index (χ1v) is 8.39. The highest BCUT2D eigenvalue weighted by atomic mass is 32.1. The van der Waals surface area contributed by atoms with E-state index >= 15 is 0 Å². The van der Waals surface area contributed by atoms with Gasteiger partial charge in [0.05, 0.1) is 10.6 Å². The van der Waals surface area contributed by atoms with E-state index < -0.39 is 0 Å². The summed E-state index contributed by atoms with van der Waals surface area (Å²) in [6, 6.07) is 1.95. The lowest BCUT2D eigenvalue weighted by Gasteiger charge is -2.37. The molecule has 0 spiro atoms. The van der Waals surface area contributed by atoms with E-state index in [9.17, 15) is 9.90 Å². The zero-order valence-corrected chi connectivity index (χ0v) is 13.6. The highest BCUT2D eigenvalue weighted by molar-refractivity contribution is 7.09. The fourth-order valence-electron chi connectivity index (χ4n) is 2.84. The molecule has 1 saturated heterocycles. The van der Waals surface area contributed by atoms with Crippen molar-refractivity contribution in [2.24, 2.45) is 5.92 Å². The molecule has 1 amide bonds. The van der Waals surface area contributed by atoms with Crippen LogP contribution in [-0.4, -0.2) is 40.1 Å². The topological polar surface area (TPSA) is 66.6 Å². The van der Waals surface area contributed by atoms with Gasteiger partial charge in [-0.05, 0) is 38.7 Å². The standard InChI is InChI=1S/C16H20N2O3S/c1-10-3-4-12(7-19)6-18(10)16(20)13-5-15(21-8-13)14-9-22-11(2)17-14/h5,8-10,12,19H,3-4,6-7H2,1-2H3. The van der Waals surface area contributed by atoms with Gasteiger partial charge in [-0.15, -0.1) is 11.3 Å². The van der Waals surface area contributed by atoms with Gasteiger partial charge < -0.3 is 14.4 Å². The van der Waals surface area contributed by atoms with Gasteiger partial charge in [0.2, 0.25) is 0 Å². The van der Waals surface area contributed by atoms with Crippen molar-refractivity contribution < 1.29 is 14.3 Å². The van der Waals surface area contributed by atoms with Crippen LogP contribution in [0.1, 0.15) is 35.1 Å². The quantitative estimate of drug-likeness (QED) is 0.944. The molecule has 0 bridgehead atoms. The second kappa shape index (κ2) is 6.22. The van der Waals surface area contributed by atoms with Gasteiger partial charge in [-0.3, -0.25) is 4.79 Å². The summed E-state index contributed by atoms with van der Waals surface area (Å²) < 4.78 is 5.51. The number of likely N-dealkylation sites (tertiary alicyclic amines) is 1. The number of aliphatic hydroxyl groups is 1. The number of aliphatic hydroxyl groups excluding tert-OH is 1. The van der Waals surface area contributed by atoms with Crippen LogP contribution in [0.15, 0.2) is 22.1 Å². The predicted molar refractivity (Wildman–Crippen MR) is 84.9 cm³/mol. The van der Waals surface area contributed by atoms with Gasteiger partial charge in [-0.2, -0.15) is 0 Å². The molecule has 2 unspecified atom stereocenters. The molecule has 0 aromatic carbocycles. The number of hydrogen-bond acceptors (Lipinski definition) is 5. The number of thiazole rings is 1. The summed E-state index contributed by atoms with van der Waals surface area (Å²) in [6.07, 6.45) is 3.39. The average Bonchev–Trinajstić information content (AvgIpc) is 3.16. The van der Waals surface area contributed by atoms with Crippen LogP contribution in [0.5, 0.6) is 0 Å². The van der Waals surface area contributed by atoms with E-state index in [0.29, 0.717) is 17.9 Å². The fraction of sp³-hybridized carbons (Fsp3) is 0.500. The summed E-state index contributed by atoms with van der Waals surface area (Å²) >= 11 is 1.55. The number of aryl methyl sites for hydroxylation is 1. The lowest BCUT2D eigenvalue weighted by atomic mass is 9.93. The van der Waals surface area contributed by atoms with E-state index in [0.717, 1.165) is 23.5 Å². The summed E-state index contributed by atoms with van der Waals surface area (Å²) in [6.45, 7) is 4.72. The highest BCUT2D eigenvalue weighted by Gasteiger charge is 2.30.